The molecule has 1 aliphatic rings. The highest BCUT2D eigenvalue weighted by Crippen LogP contribution is 2.32. The molecule has 2 N–H and O–H groups in total. The number of benzene rings is 1. The number of carbonyl (C=O) groups is 1. The van der Waals surface area contributed by atoms with Crippen molar-refractivity contribution in [2.24, 2.45) is 0 Å². The molecule has 0 aliphatic carbocycles. The van der Waals surface area contributed by atoms with Crippen LogP contribution < -0.4 is 19.4 Å². The van der Waals surface area contributed by atoms with Crippen molar-refractivity contribution >= 4 is 5.91 Å². The third-order valence-electron chi connectivity index (χ3n) is 3.54. The molecule has 1 aliphatic heterocycles. The van der Waals surface area contributed by atoms with Gasteiger partial charge in [0.05, 0.1) is 0 Å². The van der Waals surface area contributed by atoms with Gasteiger partial charge in [-0.2, -0.15) is 4.57 Å². The van der Waals surface area contributed by atoms with Gasteiger partial charge in [-0.15, -0.1) is 0 Å². The minimum Gasteiger partial charge on any atom is -0.503 e. The lowest BCUT2D eigenvalue weighted by Gasteiger charge is -2.09. The van der Waals surface area contributed by atoms with Gasteiger partial charge in [0.15, 0.2) is 23.4 Å². The van der Waals surface area contributed by atoms with Crippen molar-refractivity contribution in [1.82, 2.24) is 5.32 Å². The Bertz CT molecular complexity index is 702. The Morgan fingerprint density at radius 3 is 3.00 bits per heavy atom. The summed E-state index contributed by atoms with van der Waals surface area (Å²) in [6, 6.07) is 8.41. The van der Waals surface area contributed by atoms with E-state index in [1.807, 2.05) is 18.2 Å². The molecule has 0 fully saturated rings. The number of ether oxygens (including phenoxy) is 2. The Balaban J connectivity index is 1.62. The van der Waals surface area contributed by atoms with E-state index in [4.69, 9.17) is 9.47 Å². The fourth-order valence-corrected chi connectivity index (χ4v) is 2.24. The topological polar surface area (TPSA) is 71.7 Å². The van der Waals surface area contributed by atoms with E-state index in [0.717, 1.165) is 11.3 Å². The van der Waals surface area contributed by atoms with Crippen LogP contribution in [0.3, 0.4) is 0 Å². The zero-order valence-electron chi connectivity index (χ0n) is 12.2. The number of rotatable bonds is 4. The Morgan fingerprint density at radius 2 is 2.18 bits per heavy atom. The molecule has 0 spiro atoms. The summed E-state index contributed by atoms with van der Waals surface area (Å²) in [5.74, 6) is 1.41. The molecule has 1 amide bonds. The molecule has 1 aromatic heterocycles. The first-order chi connectivity index (χ1) is 10.6. The normalized spacial score (nSPS) is 13.7. The van der Waals surface area contributed by atoms with Gasteiger partial charge in [0.1, 0.15) is 0 Å². The molecule has 0 bridgehead atoms. The molecule has 3 rings (SSSR count). The molecule has 6 heteroatoms. The van der Waals surface area contributed by atoms with E-state index in [1.165, 1.54) is 6.20 Å². The second kappa shape index (κ2) is 5.93. The second-order valence-corrected chi connectivity index (χ2v) is 5.09. The first-order valence-corrected chi connectivity index (χ1v) is 6.99. The highest BCUT2D eigenvalue weighted by molar-refractivity contribution is 5.78. The number of nitrogens with one attached hydrogen (secondary N) is 1. The van der Waals surface area contributed by atoms with Gasteiger partial charge in [-0.05, 0) is 23.8 Å². The van der Waals surface area contributed by atoms with Crippen LogP contribution in [-0.2, 0) is 11.3 Å². The number of nitrogens with zero attached hydrogens (tertiary/aromatic N) is 1. The maximum atomic E-state index is 12.2. The molecular formula is C16H17N2O4+. The minimum atomic E-state index is -0.416. The van der Waals surface area contributed by atoms with E-state index < -0.39 is 6.04 Å². The van der Waals surface area contributed by atoms with Gasteiger partial charge in [-0.3, -0.25) is 4.79 Å². The van der Waals surface area contributed by atoms with Crippen LogP contribution in [0.5, 0.6) is 17.2 Å². The lowest BCUT2D eigenvalue weighted by Crippen LogP contribution is -2.46. The van der Waals surface area contributed by atoms with Crippen LogP contribution in [0.4, 0.5) is 0 Å². The Kier molecular flexibility index (Phi) is 3.82. The van der Waals surface area contributed by atoms with Crippen molar-refractivity contribution in [2.45, 2.75) is 19.5 Å². The molecular weight excluding hydrogens is 284 g/mol. The van der Waals surface area contributed by atoms with E-state index >= 15 is 0 Å². The fraction of sp³-hybridized carbons (Fsp3) is 0.250. The number of carbonyl (C=O) groups excluding carboxylic acids is 1. The fourth-order valence-electron chi connectivity index (χ4n) is 2.24. The summed E-state index contributed by atoms with van der Waals surface area (Å²) in [5, 5.41) is 12.3. The van der Waals surface area contributed by atoms with E-state index in [9.17, 15) is 9.90 Å². The molecule has 22 heavy (non-hydrogen) atoms. The van der Waals surface area contributed by atoms with Crippen LogP contribution in [0.25, 0.3) is 0 Å². The number of hydrogen-bond acceptors (Lipinski definition) is 4. The smallest absolute Gasteiger partial charge is 0.289 e. The van der Waals surface area contributed by atoms with Gasteiger partial charge in [-0.1, -0.05) is 6.07 Å². The highest BCUT2D eigenvalue weighted by Gasteiger charge is 2.22. The van der Waals surface area contributed by atoms with Crippen molar-refractivity contribution in [2.75, 3.05) is 6.79 Å². The van der Waals surface area contributed by atoms with Gasteiger partial charge in [0.25, 0.3) is 5.91 Å². The number of aromatic hydroxyl groups is 1. The number of fused-ring (bicyclic) bond motifs is 1. The molecule has 1 atom stereocenters. The predicted molar refractivity (Wildman–Crippen MR) is 77.4 cm³/mol. The van der Waals surface area contributed by atoms with Crippen molar-refractivity contribution < 1.29 is 23.9 Å². The van der Waals surface area contributed by atoms with Crippen molar-refractivity contribution in [3.8, 4) is 17.2 Å². The van der Waals surface area contributed by atoms with E-state index in [-0.39, 0.29) is 18.4 Å². The summed E-state index contributed by atoms with van der Waals surface area (Å²) >= 11 is 0. The molecule has 2 heterocycles. The molecule has 2 aromatic rings. The lowest BCUT2D eigenvalue weighted by molar-refractivity contribution is -0.706. The SMILES string of the molecule is C[C@H](C(=O)NCc1ccc2c(c1)OCO2)[n+]1cccc(O)c1. The van der Waals surface area contributed by atoms with Crippen LogP contribution in [0.2, 0.25) is 0 Å². The highest BCUT2D eigenvalue weighted by atomic mass is 16.7. The minimum absolute atomic E-state index is 0.123. The maximum Gasteiger partial charge on any atom is 0.289 e. The number of amides is 1. The van der Waals surface area contributed by atoms with Crippen LogP contribution in [-0.4, -0.2) is 17.8 Å². The van der Waals surface area contributed by atoms with Crippen molar-refractivity contribution in [3.63, 3.8) is 0 Å². The quantitative estimate of drug-likeness (QED) is 0.835. The van der Waals surface area contributed by atoms with Crippen LogP contribution >= 0.6 is 0 Å². The van der Waals surface area contributed by atoms with E-state index in [0.29, 0.717) is 12.3 Å². The molecule has 0 radical (unpaired) electrons. The monoisotopic (exact) mass is 301 g/mol. The molecule has 1 aromatic carbocycles. The Hall–Kier alpha value is -2.76. The molecule has 0 saturated heterocycles. The lowest BCUT2D eigenvalue weighted by atomic mass is 10.2. The molecule has 6 nitrogen and oxygen atoms in total. The van der Waals surface area contributed by atoms with Crippen LogP contribution in [0, 0.1) is 0 Å². The first kappa shape index (κ1) is 14.2. The number of pyridine rings is 1. The summed E-state index contributed by atoms with van der Waals surface area (Å²) in [5.41, 5.74) is 0.936. The summed E-state index contributed by atoms with van der Waals surface area (Å²) in [6.07, 6.45) is 3.26. The predicted octanol–water partition coefficient (Wildman–Crippen LogP) is 1.29. The Labute approximate surface area is 127 Å². The summed E-state index contributed by atoms with van der Waals surface area (Å²) < 4.78 is 12.2. The number of hydrogen-bond donors (Lipinski definition) is 2. The van der Waals surface area contributed by atoms with Crippen molar-refractivity contribution in [3.05, 3.63) is 48.3 Å². The standard InChI is InChI=1S/C16H16N2O4/c1-11(18-6-2-3-13(19)9-18)16(20)17-8-12-4-5-14-15(7-12)22-10-21-14/h2-7,9,11H,8,10H2,1H3,(H-,17,19,20)/p+1/t11-/m1/s1. The van der Waals surface area contributed by atoms with Gasteiger partial charge in [-0.25, -0.2) is 0 Å². The van der Waals surface area contributed by atoms with E-state index in [2.05, 4.69) is 5.32 Å². The summed E-state index contributed by atoms with van der Waals surface area (Å²) in [4.78, 5) is 12.2. The molecule has 0 unspecified atom stereocenters. The van der Waals surface area contributed by atoms with Gasteiger partial charge in [0, 0.05) is 19.5 Å². The average Bonchev–Trinajstić information content (AvgIpc) is 2.99. The van der Waals surface area contributed by atoms with Crippen molar-refractivity contribution in [1.29, 1.82) is 0 Å². The molecule has 114 valence electrons. The van der Waals surface area contributed by atoms with Crippen LogP contribution in [0.1, 0.15) is 18.5 Å². The van der Waals surface area contributed by atoms with Crippen LogP contribution in [0.15, 0.2) is 42.7 Å². The van der Waals surface area contributed by atoms with Gasteiger partial charge < -0.3 is 19.9 Å². The maximum absolute atomic E-state index is 12.2. The first-order valence-electron chi connectivity index (χ1n) is 6.99. The third kappa shape index (κ3) is 2.95. The third-order valence-corrected chi connectivity index (χ3v) is 3.54. The zero-order valence-corrected chi connectivity index (χ0v) is 12.2. The van der Waals surface area contributed by atoms with Gasteiger partial charge >= 0.3 is 0 Å². The average molecular weight is 301 g/mol. The second-order valence-electron chi connectivity index (χ2n) is 5.09. The van der Waals surface area contributed by atoms with E-state index in [1.54, 1.807) is 29.8 Å². The van der Waals surface area contributed by atoms with Gasteiger partial charge in [0.2, 0.25) is 19.0 Å². The number of aromatic nitrogens is 1. The summed E-state index contributed by atoms with van der Waals surface area (Å²) in [6.45, 7) is 2.41. The largest absolute Gasteiger partial charge is 0.503 e. The molecule has 0 saturated carbocycles. The Morgan fingerprint density at radius 1 is 1.36 bits per heavy atom. The summed E-state index contributed by atoms with van der Waals surface area (Å²) in [7, 11) is 0. The zero-order chi connectivity index (χ0) is 15.5.